The average Bonchev–Trinajstić information content (AvgIpc) is 3.07. The van der Waals surface area contributed by atoms with E-state index in [9.17, 15) is 0 Å². The second kappa shape index (κ2) is 6.37. The van der Waals surface area contributed by atoms with Crippen molar-refractivity contribution in [3.63, 3.8) is 0 Å². The van der Waals surface area contributed by atoms with E-state index in [1.165, 1.54) is 0 Å². The molecule has 7 heteroatoms. The van der Waals surface area contributed by atoms with Crippen LogP contribution in [0.4, 0.5) is 5.82 Å². The number of benzene rings is 1. The monoisotopic (exact) mass is 357 g/mol. The SMILES string of the molecule is CC1CC[N+](CN)(c2cnc3c(-c4ccc(Cl)cc4)[nH]nc3n2)CC1. The van der Waals surface area contributed by atoms with Crippen LogP contribution in [0.5, 0.6) is 0 Å². The van der Waals surface area contributed by atoms with Crippen molar-refractivity contribution in [3.8, 4) is 11.3 Å². The van der Waals surface area contributed by atoms with Gasteiger partial charge in [0, 0.05) is 10.6 Å². The van der Waals surface area contributed by atoms with Gasteiger partial charge < -0.3 is 0 Å². The van der Waals surface area contributed by atoms with Crippen molar-refractivity contribution in [1.29, 1.82) is 0 Å². The van der Waals surface area contributed by atoms with E-state index in [1.807, 2.05) is 30.5 Å². The molecule has 1 aliphatic rings. The summed E-state index contributed by atoms with van der Waals surface area (Å²) in [7, 11) is 0. The molecule has 3 N–H and O–H groups in total. The van der Waals surface area contributed by atoms with Crippen LogP contribution in [-0.2, 0) is 0 Å². The van der Waals surface area contributed by atoms with E-state index in [0.717, 1.165) is 54.4 Å². The topological polar surface area (TPSA) is 80.5 Å². The Labute approximate surface area is 151 Å². The molecule has 3 heterocycles. The lowest BCUT2D eigenvalue weighted by molar-refractivity contribution is 0.193. The lowest BCUT2D eigenvalue weighted by Gasteiger charge is -2.40. The lowest BCUT2D eigenvalue weighted by atomic mass is 9.97. The molecule has 0 aliphatic carbocycles. The van der Waals surface area contributed by atoms with Crippen LogP contribution >= 0.6 is 11.6 Å². The number of hydrogen-bond donors (Lipinski definition) is 2. The number of fused-ring (bicyclic) bond motifs is 1. The third-order valence-electron chi connectivity index (χ3n) is 5.32. The van der Waals surface area contributed by atoms with Gasteiger partial charge in [-0.25, -0.2) is 4.98 Å². The minimum atomic E-state index is 0.543. The second-order valence-corrected chi connectivity index (χ2v) is 7.40. The summed E-state index contributed by atoms with van der Waals surface area (Å²) >= 11 is 5.97. The van der Waals surface area contributed by atoms with Crippen LogP contribution in [0, 0.1) is 5.92 Å². The molecule has 0 bridgehead atoms. The van der Waals surface area contributed by atoms with Crippen LogP contribution in [-0.4, -0.2) is 39.9 Å². The Balaban J connectivity index is 1.73. The Hall–Kier alpha value is -2.02. The molecule has 25 heavy (non-hydrogen) atoms. The van der Waals surface area contributed by atoms with Crippen LogP contribution in [0.2, 0.25) is 5.02 Å². The predicted octanol–water partition coefficient (Wildman–Crippen LogP) is 3.33. The van der Waals surface area contributed by atoms with Crippen LogP contribution in [0.25, 0.3) is 22.4 Å². The molecule has 1 saturated heterocycles. The number of rotatable bonds is 3. The van der Waals surface area contributed by atoms with Gasteiger partial charge >= 0.3 is 0 Å². The van der Waals surface area contributed by atoms with Crippen LogP contribution in [0.15, 0.2) is 30.5 Å². The number of piperidine rings is 1. The number of quaternary nitrogens is 1. The molecule has 3 aromatic rings. The summed E-state index contributed by atoms with van der Waals surface area (Å²) in [6.45, 7) is 4.85. The highest BCUT2D eigenvalue weighted by Gasteiger charge is 2.35. The van der Waals surface area contributed by atoms with Crippen molar-refractivity contribution >= 4 is 28.6 Å². The maximum absolute atomic E-state index is 6.13. The maximum atomic E-state index is 6.13. The van der Waals surface area contributed by atoms with Crippen molar-refractivity contribution in [2.75, 3.05) is 19.8 Å². The summed E-state index contributed by atoms with van der Waals surface area (Å²) in [5.74, 6) is 1.66. The van der Waals surface area contributed by atoms with Gasteiger partial charge in [0.05, 0.1) is 18.8 Å². The minimum absolute atomic E-state index is 0.543. The van der Waals surface area contributed by atoms with Gasteiger partial charge in [-0.15, -0.1) is 0 Å². The number of H-pyrrole nitrogens is 1. The Kier molecular flexibility index (Phi) is 4.19. The zero-order chi connectivity index (χ0) is 17.4. The smallest absolute Gasteiger partial charge is 0.249 e. The van der Waals surface area contributed by atoms with E-state index in [1.54, 1.807) is 0 Å². The van der Waals surface area contributed by atoms with E-state index in [4.69, 9.17) is 22.3 Å². The molecule has 4 rings (SSSR count). The molecule has 0 saturated carbocycles. The molecule has 0 atom stereocenters. The van der Waals surface area contributed by atoms with E-state index >= 15 is 0 Å². The van der Waals surface area contributed by atoms with Gasteiger partial charge in [0.1, 0.15) is 18.4 Å². The molecule has 1 aliphatic heterocycles. The first-order valence-electron chi connectivity index (χ1n) is 8.65. The third kappa shape index (κ3) is 2.90. The summed E-state index contributed by atoms with van der Waals surface area (Å²) in [5.41, 5.74) is 9.38. The van der Waals surface area contributed by atoms with Gasteiger partial charge in [-0.3, -0.25) is 15.3 Å². The first kappa shape index (κ1) is 16.4. The van der Waals surface area contributed by atoms with Gasteiger partial charge in [-0.2, -0.15) is 10.1 Å². The molecule has 1 fully saturated rings. The Bertz CT molecular complexity index is 880. The lowest BCUT2D eigenvalue weighted by Crippen LogP contribution is -2.57. The maximum Gasteiger partial charge on any atom is 0.249 e. The molecule has 0 radical (unpaired) electrons. The van der Waals surface area contributed by atoms with Gasteiger partial charge in [-0.1, -0.05) is 30.7 Å². The fourth-order valence-electron chi connectivity index (χ4n) is 3.53. The van der Waals surface area contributed by atoms with Gasteiger partial charge in [-0.05, 0) is 30.9 Å². The van der Waals surface area contributed by atoms with Crippen LogP contribution in [0.3, 0.4) is 0 Å². The van der Waals surface area contributed by atoms with E-state index in [2.05, 4.69) is 22.1 Å². The molecule has 1 aromatic carbocycles. The van der Waals surface area contributed by atoms with Gasteiger partial charge in [0.15, 0.2) is 0 Å². The average molecular weight is 358 g/mol. The molecule has 6 nitrogen and oxygen atoms in total. The highest BCUT2D eigenvalue weighted by molar-refractivity contribution is 6.30. The largest absolute Gasteiger partial charge is 0.284 e. The fourth-order valence-corrected chi connectivity index (χ4v) is 3.66. The molecule has 0 unspecified atom stereocenters. The van der Waals surface area contributed by atoms with E-state index in [-0.39, 0.29) is 0 Å². The van der Waals surface area contributed by atoms with Gasteiger partial charge in [0.25, 0.3) is 0 Å². The number of aromatic nitrogens is 4. The number of nitrogens with two attached hydrogens (primary N) is 1. The molecule has 130 valence electrons. The van der Waals surface area contributed by atoms with Crippen molar-refractivity contribution in [3.05, 3.63) is 35.5 Å². The quantitative estimate of drug-likeness (QED) is 0.704. The summed E-state index contributed by atoms with van der Waals surface area (Å²) in [6, 6.07) is 7.61. The third-order valence-corrected chi connectivity index (χ3v) is 5.57. The number of nitrogens with zero attached hydrogens (tertiary/aromatic N) is 4. The molecular formula is C18H22ClN6+. The molecular weight excluding hydrogens is 336 g/mol. The zero-order valence-electron chi connectivity index (χ0n) is 14.2. The molecule has 0 spiro atoms. The van der Waals surface area contributed by atoms with Crippen molar-refractivity contribution in [2.24, 2.45) is 11.7 Å². The number of likely N-dealkylation sites (tertiary alicyclic amines) is 1. The highest BCUT2D eigenvalue weighted by Crippen LogP contribution is 2.31. The standard InChI is InChI=1S/C18H22ClN6/c1-12-6-8-25(11-20,9-7-12)15-10-21-17-16(23-24-18(17)22-15)13-2-4-14(19)5-3-13/h2-5,10,12H,6-9,11,20H2,1H3,(H,22,23,24)/q+1. The van der Waals surface area contributed by atoms with E-state index < -0.39 is 0 Å². The normalized spacial score (nSPS) is 23.9. The van der Waals surface area contributed by atoms with Crippen molar-refractivity contribution < 1.29 is 0 Å². The number of nitrogens with one attached hydrogen (secondary N) is 1. The Morgan fingerprint density at radius 2 is 1.96 bits per heavy atom. The Morgan fingerprint density at radius 3 is 2.64 bits per heavy atom. The fraction of sp³-hybridized carbons (Fsp3) is 0.389. The molecule has 0 amide bonds. The summed E-state index contributed by atoms with van der Waals surface area (Å²) < 4.78 is 0.691. The first-order valence-corrected chi connectivity index (χ1v) is 9.03. The predicted molar refractivity (Wildman–Crippen MR) is 101 cm³/mol. The van der Waals surface area contributed by atoms with Gasteiger partial charge in [0.2, 0.25) is 11.5 Å². The first-order chi connectivity index (χ1) is 12.1. The molecule has 2 aromatic heterocycles. The highest BCUT2D eigenvalue weighted by atomic mass is 35.5. The van der Waals surface area contributed by atoms with E-state index in [0.29, 0.717) is 21.8 Å². The van der Waals surface area contributed by atoms with Crippen molar-refractivity contribution in [1.82, 2.24) is 24.6 Å². The van der Waals surface area contributed by atoms with Crippen LogP contribution < -0.4 is 10.2 Å². The Morgan fingerprint density at radius 1 is 1.24 bits per heavy atom. The number of hydrogen-bond acceptors (Lipinski definition) is 4. The summed E-state index contributed by atoms with van der Waals surface area (Å²) in [4.78, 5) is 9.46. The van der Waals surface area contributed by atoms with Crippen LogP contribution in [0.1, 0.15) is 19.8 Å². The van der Waals surface area contributed by atoms with Crippen molar-refractivity contribution in [2.45, 2.75) is 19.8 Å². The summed E-state index contributed by atoms with van der Waals surface area (Å²) in [5, 5.41) is 8.14. The second-order valence-electron chi connectivity index (χ2n) is 6.96. The number of halogens is 1. The summed E-state index contributed by atoms with van der Waals surface area (Å²) in [6.07, 6.45) is 4.18. The zero-order valence-corrected chi connectivity index (χ0v) is 15.0. The number of aromatic amines is 1. The minimum Gasteiger partial charge on any atom is -0.284 e.